The highest BCUT2D eigenvalue weighted by Crippen LogP contribution is 2.27. The highest BCUT2D eigenvalue weighted by molar-refractivity contribution is 5.99. The molecule has 0 aliphatic carbocycles. The van der Waals surface area contributed by atoms with Gasteiger partial charge in [0.15, 0.2) is 6.17 Å². The van der Waals surface area contributed by atoms with Crippen molar-refractivity contribution in [3.8, 4) is 0 Å². The lowest BCUT2D eigenvalue weighted by molar-refractivity contribution is -0.142. The SMILES string of the molecule is CC(C)[C@@H]1NC(=O)C(NC(=O)[C@H](Cc2c[nH]c3ccccc23)NC(=O)[C@@H]2CCCN2C(=O)C2CCC(=O)N2)n2cc(c3ccccc32)C[C@@H](C(=O)O)NC(=O)[C@H](CO)NC(=O)CNC1=O. The Morgan fingerprint density at radius 3 is 2.29 bits per heavy atom. The van der Waals surface area contributed by atoms with Crippen LogP contribution >= 0.6 is 0 Å². The van der Waals surface area contributed by atoms with Gasteiger partial charge in [-0.2, -0.15) is 0 Å². The third-order valence-corrected chi connectivity index (χ3v) is 12.0. The number of para-hydroxylation sites is 2. The number of amides is 8. The summed E-state index contributed by atoms with van der Waals surface area (Å²) < 4.78 is 1.39. The fourth-order valence-corrected chi connectivity index (χ4v) is 8.63. The summed E-state index contributed by atoms with van der Waals surface area (Å²) in [4.78, 5) is 126. The van der Waals surface area contributed by atoms with Gasteiger partial charge in [0, 0.05) is 54.5 Å². The number of aromatic nitrogens is 2. The van der Waals surface area contributed by atoms with Gasteiger partial charge in [-0.1, -0.05) is 50.2 Å². The van der Waals surface area contributed by atoms with Crippen LogP contribution < -0.4 is 37.2 Å². The van der Waals surface area contributed by atoms with Crippen LogP contribution in [0.3, 0.4) is 0 Å². The molecule has 21 nitrogen and oxygen atoms in total. The van der Waals surface area contributed by atoms with Crippen molar-refractivity contribution < 1.29 is 53.4 Å². The van der Waals surface area contributed by atoms with Gasteiger partial charge in [-0.3, -0.25) is 38.4 Å². The number of carbonyl (C=O) groups excluding carboxylic acids is 8. The van der Waals surface area contributed by atoms with E-state index in [1.807, 2.05) is 24.3 Å². The standard InChI is InChI=1S/C44H52N10O11/c1-22(2)36-41(61)46-19-35(57)48-31(21-55)39(59)50-30(44(64)65)17-24-20-54(32-11-6-4-9-26(24)32)37(42(62)51-36)52-38(58)29(16-23-18-45-27-10-5-3-8-25(23)27)49-40(60)33-12-7-15-53(33)43(63)28-13-14-34(56)47-28/h3-6,8-11,18,20,22,28-31,33,36-37,45,55H,7,12-17,19,21H2,1-2H3,(H,46,61)(H,47,56)(H,48,57)(H,49,60)(H,50,59)(H,51,62)(H,52,58)(H,64,65)/t28?,29-,30-,31-,33-,36-,37?/m0/s1. The molecule has 10 N–H and O–H groups in total. The average Bonchev–Trinajstić information content (AvgIpc) is 4.11. The molecule has 0 spiro atoms. The van der Waals surface area contributed by atoms with Crippen LogP contribution in [0.5, 0.6) is 0 Å². The van der Waals surface area contributed by atoms with Gasteiger partial charge in [0.2, 0.25) is 41.4 Å². The van der Waals surface area contributed by atoms with E-state index in [0.29, 0.717) is 34.9 Å². The van der Waals surface area contributed by atoms with Gasteiger partial charge in [-0.25, -0.2) is 4.79 Å². The lowest BCUT2D eigenvalue weighted by atomic mass is 10.0. The Bertz CT molecular complexity index is 2530. The number of nitrogens with one attached hydrogen (secondary N) is 8. The van der Waals surface area contributed by atoms with Crippen LogP contribution in [0.15, 0.2) is 60.9 Å². The summed E-state index contributed by atoms with van der Waals surface area (Å²) in [6.07, 6.45) is 2.32. The predicted octanol–water partition coefficient (Wildman–Crippen LogP) is -1.41. The molecule has 21 heteroatoms. The highest BCUT2D eigenvalue weighted by Gasteiger charge is 2.41. The number of carbonyl (C=O) groups is 9. The number of carboxylic acids is 1. The van der Waals surface area contributed by atoms with E-state index in [4.69, 9.17) is 0 Å². The number of hydrogen-bond donors (Lipinski definition) is 10. The molecule has 3 aliphatic heterocycles. The first-order valence-corrected chi connectivity index (χ1v) is 21.5. The van der Waals surface area contributed by atoms with Crippen molar-refractivity contribution in [1.29, 1.82) is 0 Å². The zero-order valence-corrected chi connectivity index (χ0v) is 35.7. The van der Waals surface area contributed by atoms with Crippen LogP contribution in [0.4, 0.5) is 0 Å². The number of benzene rings is 2. The van der Waals surface area contributed by atoms with Gasteiger partial charge >= 0.3 is 5.97 Å². The van der Waals surface area contributed by atoms with Gasteiger partial charge in [-0.05, 0) is 48.4 Å². The Balaban J connectivity index is 1.27. The van der Waals surface area contributed by atoms with E-state index in [2.05, 4.69) is 42.2 Å². The van der Waals surface area contributed by atoms with E-state index >= 15 is 0 Å². The summed E-state index contributed by atoms with van der Waals surface area (Å²) in [6, 6.07) is 6.40. The quantitative estimate of drug-likeness (QED) is 0.0883. The van der Waals surface area contributed by atoms with Crippen molar-refractivity contribution in [2.75, 3.05) is 19.7 Å². The van der Waals surface area contributed by atoms with Crippen molar-refractivity contribution in [2.45, 2.75) is 94.8 Å². The third kappa shape index (κ3) is 10.1. The summed E-state index contributed by atoms with van der Waals surface area (Å²) in [5.41, 5.74) is 2.07. The molecule has 3 aliphatic rings. The van der Waals surface area contributed by atoms with E-state index < -0.39 is 109 Å². The van der Waals surface area contributed by atoms with Crippen molar-refractivity contribution in [1.82, 2.24) is 51.7 Å². The molecule has 0 radical (unpaired) electrons. The van der Waals surface area contributed by atoms with Gasteiger partial charge in [0.05, 0.1) is 18.7 Å². The number of likely N-dealkylation sites (tertiary alicyclic amines) is 1. The Morgan fingerprint density at radius 1 is 0.846 bits per heavy atom. The number of hydrogen-bond acceptors (Lipinski definition) is 10. The van der Waals surface area contributed by atoms with Crippen LogP contribution in [0.1, 0.15) is 56.8 Å². The summed E-state index contributed by atoms with van der Waals surface area (Å²) >= 11 is 0. The average molecular weight is 897 g/mol. The second-order valence-electron chi connectivity index (χ2n) is 16.8. The monoisotopic (exact) mass is 896 g/mol. The molecular formula is C44H52N10O11. The van der Waals surface area contributed by atoms with Gasteiger partial charge < -0.3 is 61.9 Å². The largest absolute Gasteiger partial charge is 0.480 e. The van der Waals surface area contributed by atoms with E-state index in [-0.39, 0.29) is 38.1 Å². The first kappa shape index (κ1) is 45.7. The van der Waals surface area contributed by atoms with Crippen LogP contribution in [0, 0.1) is 5.92 Å². The maximum Gasteiger partial charge on any atom is 0.326 e. The molecule has 2 aromatic heterocycles. The molecule has 0 saturated carbocycles. The Labute approximate surface area is 371 Å². The molecule has 2 unspecified atom stereocenters. The van der Waals surface area contributed by atoms with Crippen LogP contribution in [0.2, 0.25) is 0 Å². The fourth-order valence-electron chi connectivity index (χ4n) is 8.63. The smallest absolute Gasteiger partial charge is 0.326 e. The van der Waals surface area contributed by atoms with E-state index in [9.17, 15) is 53.4 Å². The predicted molar refractivity (Wildman–Crippen MR) is 231 cm³/mol. The molecule has 4 aromatic rings. The van der Waals surface area contributed by atoms with E-state index in [1.54, 1.807) is 44.3 Å². The second-order valence-corrected chi connectivity index (χ2v) is 16.8. The summed E-state index contributed by atoms with van der Waals surface area (Å²) in [6.45, 7) is 1.99. The van der Waals surface area contributed by atoms with Crippen LogP contribution in [-0.2, 0) is 56.0 Å². The zero-order valence-electron chi connectivity index (χ0n) is 35.7. The van der Waals surface area contributed by atoms with Crippen molar-refractivity contribution >= 4 is 75.0 Å². The lowest BCUT2D eigenvalue weighted by Crippen LogP contribution is -2.58. The van der Waals surface area contributed by atoms with Crippen LogP contribution in [0.25, 0.3) is 21.8 Å². The second kappa shape index (κ2) is 19.6. The number of rotatable bonds is 10. The molecule has 5 heterocycles. The molecule has 2 fully saturated rings. The third-order valence-electron chi connectivity index (χ3n) is 12.0. The minimum Gasteiger partial charge on any atom is -0.480 e. The maximum absolute atomic E-state index is 14.9. The number of aromatic amines is 1. The minimum atomic E-state index is -1.66. The molecular weight excluding hydrogens is 845 g/mol. The van der Waals surface area contributed by atoms with Crippen molar-refractivity contribution in [3.05, 3.63) is 72.1 Å². The van der Waals surface area contributed by atoms with Gasteiger partial charge in [0.1, 0.15) is 36.3 Å². The molecule has 8 amide bonds. The number of fused-ring (bicyclic) bond motifs is 6. The topological polar surface area (TPSA) is 302 Å². The Hall–Kier alpha value is -7.29. The number of aliphatic hydroxyl groups is 1. The summed E-state index contributed by atoms with van der Waals surface area (Å²) in [5.74, 6) is -7.71. The Kier molecular flexibility index (Phi) is 13.8. The lowest BCUT2D eigenvalue weighted by Gasteiger charge is -2.30. The Morgan fingerprint density at radius 2 is 1.58 bits per heavy atom. The summed E-state index contributed by atoms with van der Waals surface area (Å²) in [5, 5.41) is 39.4. The maximum atomic E-state index is 14.9. The molecule has 2 bridgehead atoms. The molecule has 2 aromatic carbocycles. The first-order valence-electron chi connectivity index (χ1n) is 21.5. The number of nitrogens with zero attached hydrogens (tertiary/aromatic N) is 2. The number of aliphatic hydroxyl groups excluding tert-OH is 1. The van der Waals surface area contributed by atoms with Crippen molar-refractivity contribution in [3.63, 3.8) is 0 Å². The molecule has 7 atom stereocenters. The zero-order chi connectivity index (χ0) is 46.5. The van der Waals surface area contributed by atoms with Crippen LogP contribution in [-0.4, -0.2) is 134 Å². The number of carboxylic acid groups (broad SMARTS) is 1. The highest BCUT2D eigenvalue weighted by atomic mass is 16.4. The molecule has 65 heavy (non-hydrogen) atoms. The normalized spacial score (nSPS) is 23.8. The molecule has 2 saturated heterocycles. The van der Waals surface area contributed by atoms with Crippen molar-refractivity contribution in [2.24, 2.45) is 5.92 Å². The number of H-pyrrole nitrogens is 1. The van der Waals surface area contributed by atoms with Gasteiger partial charge in [-0.15, -0.1) is 0 Å². The molecule has 344 valence electrons. The van der Waals surface area contributed by atoms with Gasteiger partial charge in [0.25, 0.3) is 5.91 Å². The fraction of sp³-hybridized carbons (Fsp3) is 0.432. The van der Waals surface area contributed by atoms with E-state index in [0.717, 1.165) is 10.9 Å². The number of aliphatic carboxylic acids is 1. The minimum absolute atomic E-state index is 0.0825. The molecule has 7 rings (SSSR count). The first-order chi connectivity index (χ1) is 31.1. The van der Waals surface area contributed by atoms with E-state index in [1.165, 1.54) is 15.7 Å². The summed E-state index contributed by atoms with van der Waals surface area (Å²) in [7, 11) is 0.